The fraction of sp³-hybridized carbons (Fsp3) is 0.0588. The molecule has 14 heteroatoms. The van der Waals surface area contributed by atoms with Gasteiger partial charge in [0, 0.05) is 21.1 Å². The molecule has 0 saturated heterocycles. The molecule has 0 bridgehead atoms. The maximum atomic E-state index is 12.0. The number of phenols is 2. The van der Waals surface area contributed by atoms with Crippen LogP contribution in [0.15, 0.2) is 106 Å². The Morgan fingerprint density at radius 2 is 0.917 bits per heavy atom. The molecule has 48 heavy (non-hydrogen) atoms. The third-order valence-corrected chi connectivity index (χ3v) is 7.39. The molecular formula is C34H30Br2N4O8. The molecule has 4 rings (SSSR count). The highest BCUT2D eigenvalue weighted by atomic mass is 79.9. The highest BCUT2D eigenvalue weighted by Crippen LogP contribution is 2.28. The summed E-state index contributed by atoms with van der Waals surface area (Å²) in [7, 11) is 2.56. The Hall–Kier alpha value is -5.60. The van der Waals surface area contributed by atoms with Gasteiger partial charge in [0.1, 0.15) is 11.5 Å². The largest absolute Gasteiger partial charge is 0.506 e. The number of halogens is 2. The van der Waals surface area contributed by atoms with E-state index in [1.54, 1.807) is 48.5 Å². The number of urea groups is 2. The van der Waals surface area contributed by atoms with E-state index in [0.717, 1.165) is 8.95 Å². The second-order valence-electron chi connectivity index (χ2n) is 9.38. The van der Waals surface area contributed by atoms with Gasteiger partial charge in [-0.05, 0) is 104 Å². The third-order valence-electron chi connectivity index (χ3n) is 6.01. The van der Waals surface area contributed by atoms with Gasteiger partial charge in [-0.2, -0.15) is 0 Å². The Bertz CT molecular complexity index is 1710. The van der Waals surface area contributed by atoms with Crippen molar-refractivity contribution in [2.75, 3.05) is 35.5 Å². The summed E-state index contributed by atoms with van der Waals surface area (Å²) in [4.78, 5) is 46.1. The fourth-order valence-electron chi connectivity index (χ4n) is 3.66. The van der Waals surface area contributed by atoms with E-state index in [1.807, 2.05) is 12.1 Å². The molecule has 0 aliphatic rings. The van der Waals surface area contributed by atoms with Crippen molar-refractivity contribution < 1.29 is 38.9 Å². The van der Waals surface area contributed by atoms with E-state index in [9.17, 15) is 29.4 Å². The van der Waals surface area contributed by atoms with Gasteiger partial charge in [-0.25, -0.2) is 19.2 Å². The summed E-state index contributed by atoms with van der Waals surface area (Å²) >= 11 is 6.66. The molecule has 0 aliphatic heterocycles. The molecule has 0 unspecified atom stereocenters. The van der Waals surface area contributed by atoms with Crippen LogP contribution in [0.1, 0.15) is 11.1 Å². The summed E-state index contributed by atoms with van der Waals surface area (Å²) in [5, 5.41) is 30.4. The second-order valence-corrected chi connectivity index (χ2v) is 11.1. The van der Waals surface area contributed by atoms with Crippen molar-refractivity contribution in [2.24, 2.45) is 0 Å². The Morgan fingerprint density at radius 3 is 1.25 bits per heavy atom. The van der Waals surface area contributed by atoms with Gasteiger partial charge in [-0.3, -0.25) is 0 Å². The molecule has 4 aromatic carbocycles. The first-order valence-electron chi connectivity index (χ1n) is 13.8. The zero-order valence-electron chi connectivity index (χ0n) is 25.5. The summed E-state index contributed by atoms with van der Waals surface area (Å²) in [6, 6.07) is 22.6. The Balaban J connectivity index is 0.000000260. The van der Waals surface area contributed by atoms with Crippen molar-refractivity contribution in [1.29, 1.82) is 0 Å². The topological polar surface area (TPSA) is 175 Å². The van der Waals surface area contributed by atoms with E-state index < -0.39 is 24.0 Å². The zero-order valence-corrected chi connectivity index (χ0v) is 28.7. The van der Waals surface area contributed by atoms with Gasteiger partial charge >= 0.3 is 24.0 Å². The number of benzene rings is 4. The van der Waals surface area contributed by atoms with Crippen LogP contribution in [0, 0.1) is 0 Å². The molecule has 0 radical (unpaired) electrons. The second kappa shape index (κ2) is 18.5. The van der Waals surface area contributed by atoms with Gasteiger partial charge in [0.15, 0.2) is 0 Å². The molecule has 4 aromatic rings. The predicted octanol–water partition coefficient (Wildman–Crippen LogP) is 7.97. The van der Waals surface area contributed by atoms with Crippen LogP contribution >= 0.6 is 31.9 Å². The minimum absolute atomic E-state index is 0.121. The van der Waals surface area contributed by atoms with E-state index in [4.69, 9.17) is 0 Å². The first-order chi connectivity index (χ1) is 23.0. The molecule has 0 aliphatic carbocycles. The Kier molecular flexibility index (Phi) is 14.2. The summed E-state index contributed by atoms with van der Waals surface area (Å²) in [5.74, 6) is -1.23. The zero-order chi connectivity index (χ0) is 35.1. The normalized spacial score (nSPS) is 10.4. The number of carbonyl (C=O) groups is 4. The van der Waals surface area contributed by atoms with E-state index in [0.29, 0.717) is 22.5 Å². The standard InChI is InChI=1S/2C17H15BrN2O4/c2*1-24-16(22)9-7-11-6-8-14(15(21)10-11)20-17(23)19-13-5-3-2-4-12(13)18/h2*2-10,21H,1H3,(H2,19,20,23)/b2*9-7+. The number of aromatic hydroxyl groups is 2. The van der Waals surface area contributed by atoms with Gasteiger partial charge in [0.05, 0.1) is 37.0 Å². The van der Waals surface area contributed by atoms with Crippen molar-refractivity contribution in [2.45, 2.75) is 0 Å². The van der Waals surface area contributed by atoms with E-state index in [-0.39, 0.29) is 22.9 Å². The molecule has 248 valence electrons. The van der Waals surface area contributed by atoms with Crippen molar-refractivity contribution in [3.63, 3.8) is 0 Å². The number of rotatable bonds is 8. The van der Waals surface area contributed by atoms with Crippen molar-refractivity contribution in [3.8, 4) is 11.5 Å². The molecule has 0 heterocycles. The van der Waals surface area contributed by atoms with Crippen LogP contribution in [0.25, 0.3) is 12.2 Å². The number of anilines is 4. The molecule has 0 saturated carbocycles. The van der Waals surface area contributed by atoms with E-state index in [1.165, 1.54) is 62.8 Å². The number of phenolic OH excluding ortho intramolecular Hbond substituents is 2. The molecule has 0 aromatic heterocycles. The van der Waals surface area contributed by atoms with Gasteiger partial charge in [-0.15, -0.1) is 0 Å². The summed E-state index contributed by atoms with van der Waals surface area (Å²) in [6.07, 6.45) is 5.47. The Labute approximate surface area is 292 Å². The number of hydrogen-bond donors (Lipinski definition) is 6. The number of esters is 2. The number of hydrogen-bond acceptors (Lipinski definition) is 8. The lowest BCUT2D eigenvalue weighted by Gasteiger charge is -2.10. The quantitative estimate of drug-likeness (QED) is 0.0593. The van der Waals surface area contributed by atoms with Gasteiger partial charge in [0.2, 0.25) is 0 Å². The maximum absolute atomic E-state index is 12.0. The first kappa shape index (κ1) is 36.9. The smallest absolute Gasteiger partial charge is 0.330 e. The van der Waals surface area contributed by atoms with Gasteiger partial charge in [-0.1, -0.05) is 36.4 Å². The lowest BCUT2D eigenvalue weighted by molar-refractivity contribution is -0.135. The number of amides is 4. The molecule has 0 atom stereocenters. The van der Waals surface area contributed by atoms with Crippen LogP contribution in [0.3, 0.4) is 0 Å². The van der Waals surface area contributed by atoms with Crippen LogP contribution in [0.2, 0.25) is 0 Å². The molecule has 4 amide bonds. The van der Waals surface area contributed by atoms with E-state index in [2.05, 4.69) is 62.6 Å². The minimum atomic E-state index is -0.496. The van der Waals surface area contributed by atoms with E-state index >= 15 is 0 Å². The molecule has 0 fully saturated rings. The fourth-order valence-corrected chi connectivity index (χ4v) is 4.43. The summed E-state index contributed by atoms with van der Waals surface area (Å²) < 4.78 is 10.5. The SMILES string of the molecule is COC(=O)/C=C/c1ccc(NC(=O)Nc2ccccc2Br)c(O)c1.COC(=O)/C=C/c1ccc(NC(=O)Nc2ccccc2Br)c(O)c1. The van der Waals surface area contributed by atoms with Crippen LogP contribution in [-0.4, -0.2) is 48.4 Å². The Morgan fingerprint density at radius 1 is 0.562 bits per heavy atom. The number of ether oxygens (including phenoxy) is 2. The maximum Gasteiger partial charge on any atom is 0.330 e. The molecular weight excluding hydrogens is 752 g/mol. The number of para-hydroxylation sites is 2. The van der Waals surface area contributed by atoms with Crippen molar-refractivity contribution >= 4 is 90.8 Å². The van der Waals surface area contributed by atoms with Crippen molar-refractivity contribution in [3.05, 3.63) is 117 Å². The lowest BCUT2D eigenvalue weighted by Crippen LogP contribution is -2.19. The average Bonchev–Trinajstić information content (AvgIpc) is 3.07. The number of carbonyl (C=O) groups excluding carboxylic acids is 4. The average molecular weight is 782 g/mol. The van der Waals surface area contributed by atoms with Crippen LogP contribution in [0.5, 0.6) is 11.5 Å². The molecule has 0 spiro atoms. The van der Waals surface area contributed by atoms with Crippen LogP contribution in [0.4, 0.5) is 32.3 Å². The van der Waals surface area contributed by atoms with Crippen LogP contribution < -0.4 is 21.3 Å². The minimum Gasteiger partial charge on any atom is -0.506 e. The lowest BCUT2D eigenvalue weighted by atomic mass is 10.1. The molecule has 6 N–H and O–H groups in total. The predicted molar refractivity (Wildman–Crippen MR) is 192 cm³/mol. The molecule has 12 nitrogen and oxygen atoms in total. The van der Waals surface area contributed by atoms with Crippen LogP contribution in [-0.2, 0) is 19.1 Å². The first-order valence-corrected chi connectivity index (χ1v) is 15.4. The highest BCUT2D eigenvalue weighted by molar-refractivity contribution is 9.11. The number of methoxy groups -OCH3 is 2. The summed E-state index contributed by atoms with van der Waals surface area (Å²) in [5.41, 5.74) is 2.88. The van der Waals surface area contributed by atoms with Crippen molar-refractivity contribution in [1.82, 2.24) is 0 Å². The monoisotopic (exact) mass is 780 g/mol. The number of nitrogens with one attached hydrogen (secondary N) is 4. The summed E-state index contributed by atoms with van der Waals surface area (Å²) in [6.45, 7) is 0. The third kappa shape index (κ3) is 12.0. The highest BCUT2D eigenvalue weighted by Gasteiger charge is 2.10. The van der Waals surface area contributed by atoms with Gasteiger partial charge < -0.3 is 41.0 Å². The van der Waals surface area contributed by atoms with Gasteiger partial charge in [0.25, 0.3) is 0 Å².